The van der Waals surface area contributed by atoms with Crippen LogP contribution in [0.2, 0.25) is 0 Å². The number of hydrogen-bond donors (Lipinski definition) is 2. The van der Waals surface area contributed by atoms with Crippen molar-refractivity contribution in [1.29, 1.82) is 0 Å². The summed E-state index contributed by atoms with van der Waals surface area (Å²) in [5.41, 5.74) is 4.06. The zero-order chi connectivity index (χ0) is 16.8. The highest BCUT2D eigenvalue weighted by atomic mass is 16.1. The van der Waals surface area contributed by atoms with Gasteiger partial charge in [0.25, 0.3) is 0 Å². The second-order valence-electron chi connectivity index (χ2n) is 5.77. The van der Waals surface area contributed by atoms with Gasteiger partial charge in [0.15, 0.2) is 0 Å². The van der Waals surface area contributed by atoms with E-state index in [1.165, 1.54) is 0 Å². The third-order valence-electron chi connectivity index (χ3n) is 3.84. The van der Waals surface area contributed by atoms with Crippen molar-refractivity contribution in [2.24, 2.45) is 0 Å². The molecule has 0 aliphatic rings. The first-order valence-corrected chi connectivity index (χ1v) is 8.13. The zero-order valence-corrected chi connectivity index (χ0v) is 13.8. The van der Waals surface area contributed by atoms with Gasteiger partial charge in [-0.25, -0.2) is 0 Å². The summed E-state index contributed by atoms with van der Waals surface area (Å²) in [5.74, 6) is 0.0430. The summed E-state index contributed by atoms with van der Waals surface area (Å²) < 4.78 is 0. The number of pyridine rings is 1. The highest BCUT2D eigenvalue weighted by Crippen LogP contribution is 2.22. The predicted octanol–water partition coefficient (Wildman–Crippen LogP) is 3.66. The molecule has 3 rings (SSSR count). The number of anilines is 1. The van der Waals surface area contributed by atoms with E-state index < -0.39 is 0 Å². The Labute approximate surface area is 141 Å². The molecule has 4 nitrogen and oxygen atoms in total. The summed E-state index contributed by atoms with van der Waals surface area (Å²) >= 11 is 0. The minimum atomic E-state index is 0.0430. The van der Waals surface area contributed by atoms with Gasteiger partial charge in [-0.2, -0.15) is 0 Å². The molecule has 0 aliphatic heterocycles. The molecule has 0 radical (unpaired) electrons. The topological polar surface area (TPSA) is 54.0 Å². The Balaban J connectivity index is 1.54. The molecule has 0 aliphatic carbocycles. The van der Waals surface area contributed by atoms with Crippen LogP contribution in [0.4, 0.5) is 5.69 Å². The Hall–Kier alpha value is -2.88. The molecule has 24 heavy (non-hydrogen) atoms. The number of benzene rings is 2. The lowest BCUT2D eigenvalue weighted by Crippen LogP contribution is -2.24. The van der Waals surface area contributed by atoms with Crippen LogP contribution in [-0.4, -0.2) is 17.4 Å². The normalized spacial score (nSPS) is 10.5. The van der Waals surface area contributed by atoms with Gasteiger partial charge in [0.05, 0.1) is 5.52 Å². The van der Waals surface area contributed by atoms with Gasteiger partial charge in [-0.1, -0.05) is 48.5 Å². The number of carbonyl (C=O) groups is 1. The fourth-order valence-electron chi connectivity index (χ4n) is 2.65. The van der Waals surface area contributed by atoms with E-state index in [1.807, 2.05) is 67.6 Å². The Morgan fingerprint density at radius 3 is 2.62 bits per heavy atom. The molecule has 2 N–H and O–H groups in total. The molecule has 0 fully saturated rings. The van der Waals surface area contributed by atoms with E-state index in [1.54, 1.807) is 0 Å². The number of aryl methyl sites for hydroxylation is 1. The number of aromatic nitrogens is 1. The summed E-state index contributed by atoms with van der Waals surface area (Å²) in [6, 6.07) is 20.0. The first kappa shape index (κ1) is 16.0. The fraction of sp³-hybridized carbons (Fsp3) is 0.200. The van der Waals surface area contributed by atoms with Gasteiger partial charge in [-0.05, 0) is 24.6 Å². The van der Waals surface area contributed by atoms with Crippen molar-refractivity contribution in [3.05, 3.63) is 71.9 Å². The van der Waals surface area contributed by atoms with Crippen LogP contribution in [0.3, 0.4) is 0 Å². The van der Waals surface area contributed by atoms with Gasteiger partial charge in [0.1, 0.15) is 0 Å². The van der Waals surface area contributed by atoms with Crippen LogP contribution in [0.5, 0.6) is 0 Å². The molecule has 0 saturated carbocycles. The second-order valence-corrected chi connectivity index (χ2v) is 5.77. The number of nitrogens with zero attached hydrogens (tertiary/aromatic N) is 1. The highest BCUT2D eigenvalue weighted by Gasteiger charge is 2.05. The number of amides is 1. The van der Waals surface area contributed by atoms with Crippen molar-refractivity contribution in [2.75, 3.05) is 11.9 Å². The molecular formula is C20H21N3O. The molecule has 0 spiro atoms. The third-order valence-corrected chi connectivity index (χ3v) is 3.84. The molecule has 3 aromatic rings. The maximum atomic E-state index is 12.0. The van der Waals surface area contributed by atoms with Crippen molar-refractivity contribution < 1.29 is 4.79 Å². The maximum Gasteiger partial charge on any atom is 0.222 e. The second kappa shape index (κ2) is 7.59. The Kier molecular flexibility index (Phi) is 5.06. The van der Waals surface area contributed by atoms with Crippen molar-refractivity contribution in [3.8, 4) is 0 Å². The molecule has 0 saturated heterocycles. The van der Waals surface area contributed by atoms with Gasteiger partial charge >= 0.3 is 0 Å². The van der Waals surface area contributed by atoms with Crippen LogP contribution in [0.25, 0.3) is 10.9 Å². The SMILES string of the molecule is Cc1cc(NCCC(=O)NCc2ccccc2)c2ccccc2n1. The zero-order valence-electron chi connectivity index (χ0n) is 13.8. The monoisotopic (exact) mass is 319 g/mol. The van der Waals surface area contributed by atoms with Crippen LogP contribution in [0.15, 0.2) is 60.7 Å². The molecule has 0 bridgehead atoms. The van der Waals surface area contributed by atoms with E-state index in [2.05, 4.69) is 15.6 Å². The molecule has 2 aromatic carbocycles. The van der Waals surface area contributed by atoms with Crippen LogP contribution < -0.4 is 10.6 Å². The first-order valence-electron chi connectivity index (χ1n) is 8.13. The quantitative estimate of drug-likeness (QED) is 0.729. The number of fused-ring (bicyclic) bond motifs is 1. The number of carbonyl (C=O) groups excluding carboxylic acids is 1. The first-order chi connectivity index (χ1) is 11.7. The van der Waals surface area contributed by atoms with Crippen molar-refractivity contribution in [2.45, 2.75) is 19.9 Å². The number of hydrogen-bond acceptors (Lipinski definition) is 3. The molecule has 1 amide bonds. The summed E-state index contributed by atoms with van der Waals surface area (Å²) in [4.78, 5) is 16.5. The smallest absolute Gasteiger partial charge is 0.222 e. The summed E-state index contributed by atoms with van der Waals surface area (Å²) in [6.07, 6.45) is 0.433. The van der Waals surface area contributed by atoms with Crippen molar-refractivity contribution in [1.82, 2.24) is 10.3 Å². The van der Waals surface area contributed by atoms with Crippen LogP contribution in [0, 0.1) is 6.92 Å². The van der Waals surface area contributed by atoms with Gasteiger partial charge in [0, 0.05) is 36.3 Å². The fourth-order valence-corrected chi connectivity index (χ4v) is 2.65. The Morgan fingerprint density at radius 2 is 1.79 bits per heavy atom. The molecule has 4 heteroatoms. The van der Waals surface area contributed by atoms with Gasteiger partial charge in [0.2, 0.25) is 5.91 Å². The van der Waals surface area contributed by atoms with Crippen LogP contribution in [-0.2, 0) is 11.3 Å². The van der Waals surface area contributed by atoms with Crippen molar-refractivity contribution in [3.63, 3.8) is 0 Å². The van der Waals surface area contributed by atoms with E-state index >= 15 is 0 Å². The van der Waals surface area contributed by atoms with Crippen LogP contribution >= 0.6 is 0 Å². The van der Waals surface area contributed by atoms with Gasteiger partial charge < -0.3 is 10.6 Å². The number of rotatable bonds is 6. The highest BCUT2D eigenvalue weighted by molar-refractivity contribution is 5.91. The minimum Gasteiger partial charge on any atom is -0.384 e. The molecular weight excluding hydrogens is 298 g/mol. The summed E-state index contributed by atoms with van der Waals surface area (Å²) in [7, 11) is 0. The standard InChI is InChI=1S/C20H21N3O/c1-15-13-19(17-9-5-6-10-18(17)23-15)21-12-11-20(24)22-14-16-7-3-2-4-8-16/h2-10,13H,11-12,14H2,1H3,(H,21,23)(H,22,24). The molecule has 1 heterocycles. The predicted molar refractivity (Wildman–Crippen MR) is 97.9 cm³/mol. The Bertz CT molecular complexity index is 831. The molecule has 1 aromatic heterocycles. The lowest BCUT2D eigenvalue weighted by atomic mass is 10.1. The maximum absolute atomic E-state index is 12.0. The molecule has 122 valence electrons. The lowest BCUT2D eigenvalue weighted by molar-refractivity contribution is -0.121. The number of para-hydroxylation sites is 1. The Morgan fingerprint density at radius 1 is 1.04 bits per heavy atom. The van der Waals surface area contributed by atoms with E-state index in [0.29, 0.717) is 19.5 Å². The summed E-state index contributed by atoms with van der Waals surface area (Å²) in [5, 5.41) is 7.38. The summed E-state index contributed by atoms with van der Waals surface area (Å²) in [6.45, 7) is 3.13. The molecule has 0 atom stereocenters. The van der Waals surface area contributed by atoms with E-state index in [9.17, 15) is 4.79 Å². The van der Waals surface area contributed by atoms with Gasteiger partial charge in [-0.3, -0.25) is 9.78 Å². The lowest BCUT2D eigenvalue weighted by Gasteiger charge is -2.11. The van der Waals surface area contributed by atoms with Crippen LogP contribution in [0.1, 0.15) is 17.7 Å². The largest absolute Gasteiger partial charge is 0.384 e. The van der Waals surface area contributed by atoms with Crippen molar-refractivity contribution >= 4 is 22.5 Å². The van der Waals surface area contributed by atoms with E-state index in [4.69, 9.17) is 0 Å². The number of nitrogens with one attached hydrogen (secondary N) is 2. The van der Waals surface area contributed by atoms with Gasteiger partial charge in [-0.15, -0.1) is 0 Å². The average Bonchev–Trinajstić information content (AvgIpc) is 2.60. The minimum absolute atomic E-state index is 0.0430. The van der Waals surface area contributed by atoms with E-state index in [-0.39, 0.29) is 5.91 Å². The van der Waals surface area contributed by atoms with E-state index in [0.717, 1.165) is 27.8 Å². The average molecular weight is 319 g/mol. The molecule has 0 unspecified atom stereocenters. The third kappa shape index (κ3) is 4.10.